The van der Waals surface area contributed by atoms with Crippen molar-refractivity contribution in [3.05, 3.63) is 95.8 Å². The molecular weight excluding hydrogens is 447 g/mol. The van der Waals surface area contributed by atoms with E-state index in [1.54, 1.807) is 36.4 Å². The maximum atomic E-state index is 13.1. The van der Waals surface area contributed by atoms with Crippen LogP contribution in [0.15, 0.2) is 78.9 Å². The first-order valence-corrected chi connectivity index (χ1v) is 11.7. The number of benzene rings is 3. The molecule has 0 unspecified atom stereocenters. The molecule has 0 aromatic heterocycles. The summed E-state index contributed by atoms with van der Waals surface area (Å²) in [6, 6.07) is 23.0. The number of nitrogens with one attached hydrogen (secondary N) is 2. The number of anilines is 1. The lowest BCUT2D eigenvalue weighted by atomic mass is 10.2. The zero-order valence-corrected chi connectivity index (χ0v) is 19.5. The van der Waals surface area contributed by atoms with Crippen molar-refractivity contribution in [2.45, 2.75) is 13.0 Å². The molecule has 8 heteroatoms. The van der Waals surface area contributed by atoms with Gasteiger partial charge in [0.05, 0.1) is 5.56 Å². The number of carbonyl (C=O) groups excluding carboxylic acids is 2. The van der Waals surface area contributed by atoms with Crippen LogP contribution < -0.4 is 20.5 Å². The minimum Gasteiger partial charge on any atom is -0.488 e. The lowest BCUT2D eigenvalue weighted by molar-refractivity contribution is -0.122. The number of hydrogen-bond acceptors (Lipinski definition) is 5. The van der Waals surface area contributed by atoms with Crippen molar-refractivity contribution < 1.29 is 18.7 Å². The molecule has 0 bridgehead atoms. The number of ether oxygens (including phenoxy) is 1. The summed E-state index contributed by atoms with van der Waals surface area (Å²) < 4.78 is 18.8. The molecule has 2 N–H and O–H groups in total. The van der Waals surface area contributed by atoms with E-state index in [1.165, 1.54) is 17.8 Å². The first-order chi connectivity index (χ1) is 17.1. The molecule has 2 amide bonds. The lowest BCUT2D eigenvalue weighted by Gasteiger charge is -2.36. The van der Waals surface area contributed by atoms with Crippen LogP contribution in [0.25, 0.3) is 0 Å². The molecule has 4 rings (SSSR count). The van der Waals surface area contributed by atoms with E-state index in [9.17, 15) is 14.0 Å². The molecule has 35 heavy (non-hydrogen) atoms. The fourth-order valence-electron chi connectivity index (χ4n) is 3.91. The second-order valence-electron chi connectivity index (χ2n) is 8.33. The minimum atomic E-state index is -0.468. The summed E-state index contributed by atoms with van der Waals surface area (Å²) in [6.07, 6.45) is 0.286. The second kappa shape index (κ2) is 12.0. The second-order valence-corrected chi connectivity index (χ2v) is 8.33. The van der Waals surface area contributed by atoms with Crippen LogP contribution in [0.5, 0.6) is 5.75 Å². The Labute approximate surface area is 204 Å². The molecule has 0 atom stereocenters. The Kier molecular flexibility index (Phi) is 8.30. The van der Waals surface area contributed by atoms with Gasteiger partial charge in [-0.05, 0) is 42.0 Å². The third-order valence-corrected chi connectivity index (χ3v) is 5.90. The van der Waals surface area contributed by atoms with Crippen molar-refractivity contribution in [1.29, 1.82) is 0 Å². The van der Waals surface area contributed by atoms with Gasteiger partial charge in [-0.1, -0.05) is 42.5 Å². The molecule has 3 aromatic carbocycles. The molecule has 0 radical (unpaired) electrons. The topological polar surface area (TPSA) is 73.9 Å². The lowest BCUT2D eigenvalue weighted by Crippen LogP contribution is -2.48. The van der Waals surface area contributed by atoms with Crippen LogP contribution in [-0.4, -0.2) is 49.4 Å². The average Bonchev–Trinajstić information content (AvgIpc) is 2.91. The maximum absolute atomic E-state index is 13.1. The summed E-state index contributed by atoms with van der Waals surface area (Å²) >= 11 is 0. The van der Waals surface area contributed by atoms with Gasteiger partial charge < -0.3 is 9.64 Å². The van der Waals surface area contributed by atoms with Crippen molar-refractivity contribution in [3.63, 3.8) is 0 Å². The number of hydrazine groups is 1. The highest BCUT2D eigenvalue weighted by molar-refractivity contribution is 5.97. The molecular formula is C27H29FN4O3. The van der Waals surface area contributed by atoms with Crippen LogP contribution in [-0.2, 0) is 11.4 Å². The molecule has 1 aliphatic rings. The predicted octanol–water partition coefficient (Wildman–Crippen LogP) is 3.38. The number of carbonyl (C=O) groups is 2. The van der Waals surface area contributed by atoms with Gasteiger partial charge in [-0.2, -0.15) is 0 Å². The average molecular weight is 477 g/mol. The first kappa shape index (κ1) is 24.2. The van der Waals surface area contributed by atoms with Gasteiger partial charge in [0.2, 0.25) is 5.91 Å². The summed E-state index contributed by atoms with van der Waals surface area (Å²) in [5.74, 6) is -0.670. The summed E-state index contributed by atoms with van der Waals surface area (Å²) in [6.45, 7) is 4.41. The maximum Gasteiger partial charge on any atom is 0.273 e. The number of halogens is 1. The van der Waals surface area contributed by atoms with Crippen molar-refractivity contribution in [3.8, 4) is 5.75 Å². The first-order valence-electron chi connectivity index (χ1n) is 11.7. The summed E-state index contributed by atoms with van der Waals surface area (Å²) in [5.41, 5.74) is 7.25. The summed E-state index contributed by atoms with van der Waals surface area (Å²) in [7, 11) is 0. The van der Waals surface area contributed by atoms with Crippen LogP contribution in [0.3, 0.4) is 0 Å². The van der Waals surface area contributed by atoms with Crippen molar-refractivity contribution in [1.82, 2.24) is 15.8 Å². The summed E-state index contributed by atoms with van der Waals surface area (Å²) in [4.78, 5) is 29.5. The zero-order valence-electron chi connectivity index (χ0n) is 19.5. The van der Waals surface area contributed by atoms with Crippen molar-refractivity contribution in [2.24, 2.45) is 0 Å². The van der Waals surface area contributed by atoms with Crippen molar-refractivity contribution >= 4 is 17.5 Å². The highest BCUT2D eigenvalue weighted by Crippen LogP contribution is 2.19. The van der Waals surface area contributed by atoms with Gasteiger partial charge in [-0.15, -0.1) is 0 Å². The quantitative estimate of drug-likeness (QED) is 0.488. The van der Waals surface area contributed by atoms with Crippen LogP contribution in [0.1, 0.15) is 22.3 Å². The molecule has 0 aliphatic carbocycles. The largest absolute Gasteiger partial charge is 0.488 e. The molecule has 0 saturated carbocycles. The Bertz CT molecular complexity index is 1120. The van der Waals surface area contributed by atoms with Crippen LogP contribution in [0.4, 0.5) is 10.1 Å². The zero-order chi connectivity index (χ0) is 24.5. The van der Waals surface area contributed by atoms with E-state index in [0.717, 1.165) is 31.7 Å². The molecule has 1 fully saturated rings. The Morgan fingerprint density at radius 3 is 2.26 bits per heavy atom. The van der Waals surface area contributed by atoms with E-state index in [1.807, 2.05) is 18.2 Å². The third kappa shape index (κ3) is 7.04. The molecule has 1 heterocycles. The third-order valence-electron chi connectivity index (χ3n) is 5.90. The van der Waals surface area contributed by atoms with E-state index >= 15 is 0 Å². The minimum absolute atomic E-state index is 0.189. The van der Waals surface area contributed by atoms with Gasteiger partial charge in [-0.25, -0.2) is 4.39 Å². The van der Waals surface area contributed by atoms with Gasteiger partial charge >= 0.3 is 0 Å². The summed E-state index contributed by atoms with van der Waals surface area (Å²) in [5, 5.41) is 0. The molecule has 182 valence electrons. The van der Waals surface area contributed by atoms with Crippen LogP contribution in [0.2, 0.25) is 0 Å². The van der Waals surface area contributed by atoms with Gasteiger partial charge in [0, 0.05) is 44.8 Å². The SMILES string of the molecule is O=C(CCN1CCN(c2ccccc2)CC1)NNC(=O)c1ccccc1OCc1ccc(F)cc1. The highest BCUT2D eigenvalue weighted by atomic mass is 19.1. The van der Waals surface area contributed by atoms with E-state index in [0.29, 0.717) is 17.9 Å². The molecule has 1 saturated heterocycles. The molecule has 0 spiro atoms. The predicted molar refractivity (Wildman–Crippen MR) is 132 cm³/mol. The Morgan fingerprint density at radius 2 is 1.51 bits per heavy atom. The van der Waals surface area contributed by atoms with Crippen LogP contribution >= 0.6 is 0 Å². The fraction of sp³-hybridized carbons (Fsp3) is 0.259. The van der Waals surface area contributed by atoms with Gasteiger partial charge in [-0.3, -0.25) is 25.3 Å². The molecule has 3 aromatic rings. The Hall–Kier alpha value is -3.91. The van der Waals surface area contributed by atoms with Crippen molar-refractivity contribution in [2.75, 3.05) is 37.6 Å². The van der Waals surface area contributed by atoms with Crippen LogP contribution in [0, 0.1) is 5.82 Å². The fourth-order valence-corrected chi connectivity index (χ4v) is 3.91. The standard InChI is InChI=1S/C27H29FN4O3/c28-22-12-10-21(11-13-22)20-35-25-9-5-4-8-24(25)27(34)30-29-26(33)14-15-31-16-18-32(19-17-31)23-6-2-1-3-7-23/h1-13H,14-20H2,(H,29,33)(H,30,34). The Morgan fingerprint density at radius 1 is 0.829 bits per heavy atom. The highest BCUT2D eigenvalue weighted by Gasteiger charge is 2.18. The van der Waals surface area contributed by atoms with Gasteiger partial charge in [0.1, 0.15) is 18.2 Å². The monoisotopic (exact) mass is 476 g/mol. The van der Waals surface area contributed by atoms with E-state index in [-0.39, 0.29) is 24.8 Å². The number of nitrogens with zero attached hydrogens (tertiary/aromatic N) is 2. The smallest absolute Gasteiger partial charge is 0.273 e. The molecule has 1 aliphatic heterocycles. The van der Waals surface area contributed by atoms with E-state index in [2.05, 4.69) is 32.8 Å². The molecule has 7 nitrogen and oxygen atoms in total. The van der Waals surface area contributed by atoms with Gasteiger partial charge in [0.15, 0.2) is 0 Å². The normalized spacial score (nSPS) is 13.8. The Balaban J connectivity index is 1.19. The van der Waals surface area contributed by atoms with E-state index < -0.39 is 5.91 Å². The number of hydrogen-bond donors (Lipinski definition) is 2. The number of amides is 2. The number of para-hydroxylation sites is 2. The number of rotatable bonds is 8. The van der Waals surface area contributed by atoms with Gasteiger partial charge in [0.25, 0.3) is 5.91 Å². The van der Waals surface area contributed by atoms with E-state index in [4.69, 9.17) is 4.74 Å². The number of piperazine rings is 1.